The molecule has 4 aromatic carbocycles. The summed E-state index contributed by atoms with van der Waals surface area (Å²) in [7, 11) is 7.38. The number of benzene rings is 4. The van der Waals surface area contributed by atoms with Crippen LogP contribution in [0.25, 0.3) is 5.69 Å². The summed E-state index contributed by atoms with van der Waals surface area (Å²) in [6, 6.07) is 32.5. The molecule has 9 heteroatoms. The van der Waals surface area contributed by atoms with Gasteiger partial charge in [0.15, 0.2) is 17.5 Å². The fraction of sp³-hybridized carbons (Fsp3) is 0.171. The second-order valence-electron chi connectivity index (χ2n) is 10.9. The monoisotopic (exact) mass is 583 g/mol. The molecule has 7 rings (SSSR count). The average molecular weight is 584 g/mol. The van der Waals surface area contributed by atoms with Crippen molar-refractivity contribution in [2.75, 3.05) is 43.4 Å². The van der Waals surface area contributed by atoms with Crippen molar-refractivity contribution in [3.63, 3.8) is 0 Å². The molecule has 5 aromatic rings. The van der Waals surface area contributed by atoms with Gasteiger partial charge in [-0.3, -0.25) is 0 Å². The van der Waals surface area contributed by atoms with Crippen molar-refractivity contribution in [2.45, 2.75) is 13.0 Å². The largest absolute Gasteiger partial charge is 0.497 e. The predicted molar refractivity (Wildman–Crippen MR) is 177 cm³/mol. The maximum absolute atomic E-state index is 5.72. The Morgan fingerprint density at radius 1 is 0.818 bits per heavy atom. The molecule has 44 heavy (non-hydrogen) atoms. The van der Waals surface area contributed by atoms with E-state index < -0.39 is 0 Å². The average Bonchev–Trinajstić information content (AvgIpc) is 3.40. The number of aryl methyl sites for hydroxylation is 1. The molecular formula is C35H33N7O2. The lowest BCUT2D eigenvalue weighted by Gasteiger charge is -2.40. The van der Waals surface area contributed by atoms with Gasteiger partial charge in [-0.1, -0.05) is 42.5 Å². The van der Waals surface area contributed by atoms with Gasteiger partial charge in [0.25, 0.3) is 0 Å². The number of anilines is 3. The van der Waals surface area contributed by atoms with Gasteiger partial charge in [-0.15, -0.1) is 0 Å². The molecule has 0 saturated carbocycles. The standard InChI is InChI=1S/C35H33N7O2/c1-22-31-32(23-15-17-24(18-16-23)40(2)3)41-29-14-10-9-13-27(29)36-33(37-28-20-19-26(43-4)21-30(28)44-5)35(41)38-34(31)42(39-22)25-11-7-6-8-12-25/h6-21,32H,1-5H3,(H,36,37). The number of fused-ring (bicyclic) bond motifs is 4. The van der Waals surface area contributed by atoms with Gasteiger partial charge in [0.1, 0.15) is 11.5 Å². The molecule has 1 aromatic heterocycles. The van der Waals surface area contributed by atoms with E-state index in [1.54, 1.807) is 14.2 Å². The van der Waals surface area contributed by atoms with Crippen LogP contribution < -0.4 is 24.6 Å². The number of methoxy groups -OCH3 is 2. The van der Waals surface area contributed by atoms with Gasteiger partial charge in [-0.05, 0) is 61.0 Å². The number of amidine groups is 2. The van der Waals surface area contributed by atoms with Crippen molar-refractivity contribution in [1.29, 1.82) is 0 Å². The van der Waals surface area contributed by atoms with E-state index in [9.17, 15) is 0 Å². The lowest BCUT2D eigenvalue weighted by atomic mass is 9.93. The van der Waals surface area contributed by atoms with Crippen LogP contribution in [0, 0.1) is 6.92 Å². The van der Waals surface area contributed by atoms with Crippen LogP contribution in [0.2, 0.25) is 0 Å². The van der Waals surface area contributed by atoms with Crippen LogP contribution in [0.1, 0.15) is 22.9 Å². The highest BCUT2D eigenvalue weighted by molar-refractivity contribution is 6.51. The number of nitrogens with zero attached hydrogens (tertiary/aromatic N) is 6. The Hall–Kier alpha value is -5.57. The van der Waals surface area contributed by atoms with Crippen LogP contribution >= 0.6 is 0 Å². The quantitative estimate of drug-likeness (QED) is 0.231. The Balaban J connectivity index is 1.47. The Labute approximate surface area is 256 Å². The minimum absolute atomic E-state index is 0.211. The molecule has 0 spiro atoms. The first-order valence-electron chi connectivity index (χ1n) is 14.4. The molecule has 1 atom stereocenters. The minimum atomic E-state index is -0.211. The summed E-state index contributed by atoms with van der Waals surface area (Å²) in [5, 5.41) is 8.58. The van der Waals surface area contributed by atoms with Crippen LogP contribution in [-0.2, 0) is 0 Å². The third kappa shape index (κ3) is 4.53. The molecular weight excluding hydrogens is 550 g/mol. The van der Waals surface area contributed by atoms with Crippen LogP contribution in [-0.4, -0.2) is 49.8 Å². The summed E-state index contributed by atoms with van der Waals surface area (Å²) in [6.45, 7) is 2.06. The summed E-state index contributed by atoms with van der Waals surface area (Å²) >= 11 is 0. The number of aliphatic imine (C=N–C) groups is 2. The molecule has 0 bridgehead atoms. The Bertz CT molecular complexity index is 1910. The maximum atomic E-state index is 5.72. The van der Waals surface area contributed by atoms with Crippen LogP contribution in [0.3, 0.4) is 0 Å². The Morgan fingerprint density at radius 2 is 1.57 bits per heavy atom. The molecule has 220 valence electrons. The first-order valence-corrected chi connectivity index (χ1v) is 14.4. The second kappa shape index (κ2) is 10.9. The maximum Gasteiger partial charge on any atom is 0.179 e. The fourth-order valence-corrected chi connectivity index (χ4v) is 5.85. The molecule has 0 saturated heterocycles. The molecule has 9 nitrogen and oxygen atoms in total. The SMILES string of the molecule is COc1ccc(NC2=Nc3ccccc3N3C2=Nc2c(c(C)nn2-c2ccccc2)C3c2ccc(N(C)C)cc2)c(OC)c1. The highest BCUT2D eigenvalue weighted by Gasteiger charge is 2.41. The number of rotatable bonds is 6. The van der Waals surface area contributed by atoms with Gasteiger partial charge >= 0.3 is 0 Å². The molecule has 0 amide bonds. The highest BCUT2D eigenvalue weighted by Crippen LogP contribution is 2.48. The van der Waals surface area contributed by atoms with Crippen LogP contribution in [0.4, 0.5) is 28.6 Å². The fourth-order valence-electron chi connectivity index (χ4n) is 5.85. The number of para-hydroxylation sites is 3. The van der Waals surface area contributed by atoms with E-state index in [0.717, 1.165) is 51.1 Å². The van der Waals surface area contributed by atoms with Crippen molar-refractivity contribution < 1.29 is 9.47 Å². The molecule has 1 N–H and O–H groups in total. The van der Waals surface area contributed by atoms with E-state index in [2.05, 4.69) is 66.5 Å². The molecule has 2 aliphatic rings. The lowest BCUT2D eigenvalue weighted by Crippen LogP contribution is -2.46. The van der Waals surface area contributed by atoms with Gasteiger partial charge in [-0.2, -0.15) is 5.10 Å². The molecule has 0 radical (unpaired) electrons. The van der Waals surface area contributed by atoms with Crippen molar-refractivity contribution >= 4 is 40.2 Å². The van der Waals surface area contributed by atoms with E-state index >= 15 is 0 Å². The first-order chi connectivity index (χ1) is 21.5. The van der Waals surface area contributed by atoms with Crippen molar-refractivity contribution in [1.82, 2.24) is 9.78 Å². The first kappa shape index (κ1) is 27.3. The Morgan fingerprint density at radius 3 is 2.30 bits per heavy atom. The van der Waals surface area contributed by atoms with Gasteiger partial charge < -0.3 is 24.6 Å². The van der Waals surface area contributed by atoms with E-state index in [4.69, 9.17) is 24.6 Å². The summed E-state index contributed by atoms with van der Waals surface area (Å²) in [4.78, 5) is 14.8. The van der Waals surface area contributed by atoms with E-state index in [-0.39, 0.29) is 6.04 Å². The van der Waals surface area contributed by atoms with Crippen LogP contribution in [0.15, 0.2) is 107 Å². The number of hydrogen-bond acceptors (Lipinski definition) is 8. The number of ether oxygens (including phenoxy) is 2. The van der Waals surface area contributed by atoms with Crippen molar-refractivity contribution in [3.05, 3.63) is 114 Å². The molecule has 0 fully saturated rings. The predicted octanol–water partition coefficient (Wildman–Crippen LogP) is 7.06. The normalized spacial score (nSPS) is 14.9. The summed E-state index contributed by atoms with van der Waals surface area (Å²) < 4.78 is 13.1. The smallest absolute Gasteiger partial charge is 0.179 e. The zero-order chi connectivity index (χ0) is 30.4. The molecule has 3 heterocycles. The number of hydrogen-bond donors (Lipinski definition) is 1. The summed E-state index contributed by atoms with van der Waals surface area (Å²) in [5.41, 5.74) is 7.72. The van der Waals surface area contributed by atoms with Gasteiger partial charge in [0, 0.05) is 31.4 Å². The third-order valence-corrected chi connectivity index (χ3v) is 8.03. The number of aromatic nitrogens is 2. The van der Waals surface area contributed by atoms with E-state index in [1.807, 2.05) is 71.4 Å². The zero-order valence-corrected chi connectivity index (χ0v) is 25.3. The lowest BCUT2D eigenvalue weighted by molar-refractivity contribution is 0.395. The Kier molecular flexibility index (Phi) is 6.77. The molecule has 0 aliphatic carbocycles. The molecule has 1 unspecified atom stereocenters. The van der Waals surface area contributed by atoms with Gasteiger partial charge in [0.2, 0.25) is 0 Å². The van der Waals surface area contributed by atoms with Crippen molar-refractivity contribution in [2.24, 2.45) is 9.98 Å². The highest BCUT2D eigenvalue weighted by atomic mass is 16.5. The summed E-state index contributed by atoms with van der Waals surface area (Å²) in [5.74, 6) is 3.40. The topological polar surface area (TPSA) is 79.5 Å². The summed E-state index contributed by atoms with van der Waals surface area (Å²) in [6.07, 6.45) is 0. The van der Waals surface area contributed by atoms with Gasteiger partial charge in [0.05, 0.1) is 48.7 Å². The second-order valence-corrected chi connectivity index (χ2v) is 10.9. The third-order valence-electron chi connectivity index (χ3n) is 8.03. The van der Waals surface area contributed by atoms with Gasteiger partial charge in [-0.25, -0.2) is 14.7 Å². The van der Waals surface area contributed by atoms with E-state index in [0.29, 0.717) is 23.2 Å². The zero-order valence-electron chi connectivity index (χ0n) is 25.3. The molecule has 2 aliphatic heterocycles. The van der Waals surface area contributed by atoms with Crippen LogP contribution in [0.5, 0.6) is 11.5 Å². The minimum Gasteiger partial charge on any atom is -0.497 e. The van der Waals surface area contributed by atoms with E-state index in [1.165, 1.54) is 0 Å². The van der Waals surface area contributed by atoms with Crippen molar-refractivity contribution in [3.8, 4) is 17.2 Å². The number of nitrogens with one attached hydrogen (secondary N) is 1.